The number of benzene rings is 4. The lowest BCUT2D eigenvalue weighted by Crippen LogP contribution is -2.54. The van der Waals surface area contributed by atoms with Gasteiger partial charge in [0.15, 0.2) is 0 Å². The van der Waals surface area contributed by atoms with Crippen LogP contribution in [0.2, 0.25) is 10.0 Å². The average Bonchev–Trinajstić information content (AvgIpc) is 3.06. The Morgan fingerprint density at radius 1 is 0.872 bits per heavy atom. The van der Waals surface area contributed by atoms with Crippen molar-refractivity contribution in [3.63, 3.8) is 0 Å². The fourth-order valence-corrected chi connectivity index (χ4v) is 6.89. The number of carbonyl (C=O) groups is 2. The van der Waals surface area contributed by atoms with E-state index in [4.69, 9.17) is 27.9 Å². The molecule has 0 aliphatic rings. The van der Waals surface area contributed by atoms with E-state index in [2.05, 4.69) is 5.32 Å². The van der Waals surface area contributed by atoms with Crippen molar-refractivity contribution in [3.8, 4) is 5.75 Å². The predicted molar refractivity (Wildman–Crippen MR) is 188 cm³/mol. The molecule has 4 aromatic carbocycles. The average molecular weight is 697 g/mol. The quantitative estimate of drug-likeness (QED) is 0.152. The third-order valence-electron chi connectivity index (χ3n) is 7.91. The predicted octanol–water partition coefficient (Wildman–Crippen LogP) is 7.06. The monoisotopic (exact) mass is 695 g/mol. The maximum absolute atomic E-state index is 14.6. The van der Waals surface area contributed by atoms with Crippen molar-refractivity contribution in [1.82, 2.24) is 10.2 Å². The van der Waals surface area contributed by atoms with E-state index in [1.54, 1.807) is 54.6 Å². The van der Waals surface area contributed by atoms with Crippen LogP contribution in [0.25, 0.3) is 0 Å². The van der Waals surface area contributed by atoms with E-state index in [0.29, 0.717) is 27.8 Å². The number of rotatable bonds is 14. The normalized spacial score (nSPS) is 12.6. The van der Waals surface area contributed by atoms with Gasteiger partial charge in [-0.25, -0.2) is 8.42 Å². The third kappa shape index (κ3) is 9.06. The van der Waals surface area contributed by atoms with Gasteiger partial charge >= 0.3 is 0 Å². The highest BCUT2D eigenvalue weighted by Crippen LogP contribution is 2.30. The van der Waals surface area contributed by atoms with Crippen LogP contribution in [0.5, 0.6) is 5.75 Å². The van der Waals surface area contributed by atoms with E-state index >= 15 is 0 Å². The molecular weight excluding hydrogens is 657 g/mol. The van der Waals surface area contributed by atoms with Gasteiger partial charge in [0, 0.05) is 34.6 Å². The van der Waals surface area contributed by atoms with E-state index < -0.39 is 28.5 Å². The van der Waals surface area contributed by atoms with Gasteiger partial charge < -0.3 is 15.0 Å². The minimum atomic E-state index is -4.24. The van der Waals surface area contributed by atoms with E-state index in [1.807, 2.05) is 51.1 Å². The first kappa shape index (κ1) is 35.8. The summed E-state index contributed by atoms with van der Waals surface area (Å²) in [6.45, 7) is 4.95. The molecule has 4 aromatic rings. The number of ether oxygens (including phenoxy) is 1. The Kier molecular flexibility index (Phi) is 12.3. The largest absolute Gasteiger partial charge is 0.497 e. The third-order valence-corrected chi connectivity index (χ3v) is 10.4. The van der Waals surface area contributed by atoms with E-state index in [1.165, 1.54) is 24.1 Å². The number of methoxy groups -OCH3 is 1. The minimum Gasteiger partial charge on any atom is -0.497 e. The molecular formula is C36H39Cl2N3O5S. The Hall–Kier alpha value is -4.05. The van der Waals surface area contributed by atoms with E-state index in [9.17, 15) is 18.0 Å². The summed E-state index contributed by atoms with van der Waals surface area (Å²) in [6.07, 6.45) is 0.846. The Labute approximate surface area is 287 Å². The van der Waals surface area contributed by atoms with Crippen molar-refractivity contribution >= 4 is 50.7 Å². The summed E-state index contributed by atoms with van der Waals surface area (Å²) in [4.78, 5) is 30.0. The molecule has 8 nitrogen and oxygen atoms in total. The van der Waals surface area contributed by atoms with Crippen LogP contribution < -0.4 is 14.4 Å². The number of aryl methyl sites for hydroxylation is 1. The molecule has 0 saturated heterocycles. The zero-order valence-electron chi connectivity index (χ0n) is 26.8. The standard InChI is InChI=1S/C36H39Cl2N3O5S/c1-5-26(3)39-36(43)34(22-27-10-7-6-8-11-27)40(23-31-32(37)12-9-13-33(31)38)35(42)24-41(28-16-18-29(46-4)19-17-28)47(44,45)30-20-14-25(2)15-21-30/h6-21,26,34H,5,22-24H2,1-4H3,(H,39,43)/t26-,34-/m1/s1. The van der Waals surface area contributed by atoms with Gasteiger partial charge in [-0.15, -0.1) is 0 Å². The molecule has 0 saturated carbocycles. The molecule has 47 heavy (non-hydrogen) atoms. The van der Waals surface area contributed by atoms with Crippen molar-refractivity contribution in [2.75, 3.05) is 18.0 Å². The summed E-state index contributed by atoms with van der Waals surface area (Å²) in [5.41, 5.74) is 2.39. The van der Waals surface area contributed by atoms with Gasteiger partial charge in [-0.1, -0.05) is 84.2 Å². The van der Waals surface area contributed by atoms with Gasteiger partial charge in [-0.3, -0.25) is 13.9 Å². The summed E-state index contributed by atoms with van der Waals surface area (Å²) in [5.74, 6) is -0.475. The molecule has 0 heterocycles. The van der Waals surface area contributed by atoms with Crippen LogP contribution in [0.4, 0.5) is 5.69 Å². The molecule has 4 rings (SSSR count). The highest BCUT2D eigenvalue weighted by molar-refractivity contribution is 7.92. The molecule has 0 fully saturated rings. The summed E-state index contributed by atoms with van der Waals surface area (Å²) in [6, 6.07) is 25.9. The second-order valence-corrected chi connectivity index (χ2v) is 13.9. The molecule has 0 bridgehead atoms. The van der Waals surface area contributed by atoms with E-state index in [-0.39, 0.29) is 35.5 Å². The number of anilines is 1. The number of halogens is 2. The first-order chi connectivity index (χ1) is 22.4. The van der Waals surface area contributed by atoms with Crippen molar-refractivity contribution in [3.05, 3.63) is 124 Å². The van der Waals surface area contributed by atoms with Crippen LogP contribution >= 0.6 is 23.2 Å². The Morgan fingerprint density at radius 3 is 2.06 bits per heavy atom. The van der Waals surface area contributed by atoms with Crippen molar-refractivity contribution in [2.24, 2.45) is 0 Å². The SMILES string of the molecule is CC[C@@H](C)NC(=O)[C@@H](Cc1ccccc1)N(Cc1c(Cl)cccc1Cl)C(=O)CN(c1ccc(OC)cc1)S(=O)(=O)c1ccc(C)cc1. The molecule has 0 spiro atoms. The second kappa shape index (κ2) is 16.2. The highest BCUT2D eigenvalue weighted by atomic mass is 35.5. The van der Waals surface area contributed by atoms with Crippen LogP contribution in [0.15, 0.2) is 102 Å². The molecule has 0 unspecified atom stereocenters. The molecule has 2 amide bonds. The van der Waals surface area contributed by atoms with Gasteiger partial charge in [0.05, 0.1) is 17.7 Å². The Balaban J connectivity index is 1.84. The number of hydrogen-bond donors (Lipinski definition) is 1. The first-order valence-corrected chi connectivity index (χ1v) is 17.4. The smallest absolute Gasteiger partial charge is 0.264 e. The lowest BCUT2D eigenvalue weighted by atomic mass is 10.0. The first-order valence-electron chi connectivity index (χ1n) is 15.2. The minimum absolute atomic E-state index is 0.0164. The number of nitrogens with zero attached hydrogens (tertiary/aromatic N) is 2. The number of sulfonamides is 1. The van der Waals surface area contributed by atoms with Crippen molar-refractivity contribution in [1.29, 1.82) is 0 Å². The van der Waals surface area contributed by atoms with Crippen LogP contribution in [-0.4, -0.2) is 50.9 Å². The van der Waals surface area contributed by atoms with Gasteiger partial charge in [0.1, 0.15) is 18.3 Å². The van der Waals surface area contributed by atoms with Crippen LogP contribution in [0.1, 0.15) is 37.0 Å². The number of nitrogens with one attached hydrogen (secondary N) is 1. The Bertz CT molecular complexity index is 1750. The molecule has 0 aromatic heterocycles. The van der Waals surface area contributed by atoms with Gasteiger partial charge in [-0.2, -0.15) is 0 Å². The number of hydrogen-bond acceptors (Lipinski definition) is 5. The van der Waals surface area contributed by atoms with E-state index in [0.717, 1.165) is 15.4 Å². The lowest BCUT2D eigenvalue weighted by molar-refractivity contribution is -0.140. The van der Waals surface area contributed by atoms with Gasteiger partial charge in [-0.05, 0) is 74.4 Å². The fraction of sp³-hybridized carbons (Fsp3) is 0.278. The summed E-state index contributed by atoms with van der Waals surface area (Å²) in [7, 11) is -2.74. The van der Waals surface area contributed by atoms with Gasteiger partial charge in [0.25, 0.3) is 10.0 Å². The molecule has 248 valence electrons. The molecule has 0 aliphatic carbocycles. The van der Waals surface area contributed by atoms with Crippen LogP contribution in [0, 0.1) is 6.92 Å². The molecule has 1 N–H and O–H groups in total. The van der Waals surface area contributed by atoms with Crippen molar-refractivity contribution < 1.29 is 22.7 Å². The van der Waals surface area contributed by atoms with Crippen LogP contribution in [0.3, 0.4) is 0 Å². The Morgan fingerprint density at radius 2 is 1.49 bits per heavy atom. The molecule has 11 heteroatoms. The summed E-state index contributed by atoms with van der Waals surface area (Å²) < 4.78 is 34.7. The van der Waals surface area contributed by atoms with Gasteiger partial charge in [0.2, 0.25) is 11.8 Å². The molecule has 0 aliphatic heterocycles. The maximum Gasteiger partial charge on any atom is 0.264 e. The summed E-state index contributed by atoms with van der Waals surface area (Å²) >= 11 is 13.2. The fourth-order valence-electron chi connectivity index (χ4n) is 4.96. The highest BCUT2D eigenvalue weighted by Gasteiger charge is 2.35. The summed E-state index contributed by atoms with van der Waals surface area (Å²) in [5, 5.41) is 3.65. The van der Waals surface area contributed by atoms with Crippen molar-refractivity contribution in [2.45, 2.75) is 57.1 Å². The van der Waals surface area contributed by atoms with Crippen LogP contribution in [-0.2, 0) is 32.6 Å². The maximum atomic E-state index is 14.6. The molecule has 0 radical (unpaired) electrons. The number of carbonyl (C=O) groups excluding carboxylic acids is 2. The lowest BCUT2D eigenvalue weighted by Gasteiger charge is -2.34. The second-order valence-electron chi connectivity index (χ2n) is 11.3. The number of amides is 2. The molecule has 2 atom stereocenters. The zero-order valence-corrected chi connectivity index (χ0v) is 29.1. The zero-order chi connectivity index (χ0) is 34.1. The topological polar surface area (TPSA) is 96.0 Å².